The molecule has 1 saturated carbocycles. The van der Waals surface area contributed by atoms with Crippen LogP contribution in [-0.2, 0) is 0 Å². The lowest BCUT2D eigenvalue weighted by atomic mass is 9.69. The fourth-order valence-electron chi connectivity index (χ4n) is 4.89. The summed E-state index contributed by atoms with van der Waals surface area (Å²) in [5, 5.41) is 22.8. The van der Waals surface area contributed by atoms with Crippen LogP contribution in [0.3, 0.4) is 0 Å². The number of ether oxygens (including phenoxy) is 1. The van der Waals surface area contributed by atoms with Crippen molar-refractivity contribution in [2.45, 2.75) is 40.0 Å². The van der Waals surface area contributed by atoms with Gasteiger partial charge in [-0.05, 0) is 47.6 Å². The third-order valence-electron chi connectivity index (χ3n) is 6.75. The van der Waals surface area contributed by atoms with Gasteiger partial charge < -0.3 is 20.1 Å². The Morgan fingerprint density at radius 2 is 1.83 bits per heavy atom. The monoisotopic (exact) mass is 405 g/mol. The summed E-state index contributed by atoms with van der Waals surface area (Å²) in [5.41, 5.74) is -0.243. The van der Waals surface area contributed by atoms with Crippen LogP contribution in [-0.4, -0.2) is 46.8 Å². The average Bonchev–Trinajstić information content (AvgIpc) is 3.28. The van der Waals surface area contributed by atoms with Gasteiger partial charge in [-0.1, -0.05) is 20.8 Å². The van der Waals surface area contributed by atoms with Gasteiger partial charge in [0.05, 0.1) is 4.92 Å². The van der Waals surface area contributed by atoms with Crippen molar-refractivity contribution in [2.75, 3.05) is 19.6 Å². The van der Waals surface area contributed by atoms with Gasteiger partial charge in [0.25, 0.3) is 5.69 Å². The molecule has 0 radical (unpaired) electrons. The lowest BCUT2D eigenvalue weighted by molar-refractivity contribution is -0.384. The molecule has 9 heteroatoms. The Hall–Kier alpha value is -2.84. The molecule has 158 valence electrons. The van der Waals surface area contributed by atoms with Gasteiger partial charge in [0.1, 0.15) is 5.75 Å². The first-order valence-electron chi connectivity index (χ1n) is 9.68. The predicted octanol–water partition coefficient (Wildman–Crippen LogP) is 3.88. The van der Waals surface area contributed by atoms with E-state index in [0.29, 0.717) is 19.6 Å². The molecular weight excluding hydrogens is 378 g/mol. The normalized spacial score (nSPS) is 22.8. The van der Waals surface area contributed by atoms with Crippen LogP contribution in [0.4, 0.5) is 15.3 Å². The second kappa shape index (κ2) is 7.20. The SMILES string of the molecule is CC(C)(C)C1(CNC(=O)Oc2ccc([N+](=O)[O-])cc2)CC12CCN(C(=O)O)CC2. The highest BCUT2D eigenvalue weighted by atomic mass is 16.6. The molecule has 1 spiro atoms. The van der Waals surface area contributed by atoms with Crippen molar-refractivity contribution in [1.29, 1.82) is 0 Å². The fourth-order valence-corrected chi connectivity index (χ4v) is 4.89. The Morgan fingerprint density at radius 1 is 1.24 bits per heavy atom. The molecule has 1 heterocycles. The van der Waals surface area contributed by atoms with Crippen LogP contribution in [0.25, 0.3) is 0 Å². The van der Waals surface area contributed by atoms with Crippen molar-refractivity contribution in [2.24, 2.45) is 16.2 Å². The van der Waals surface area contributed by atoms with E-state index < -0.39 is 17.1 Å². The average molecular weight is 405 g/mol. The molecule has 1 unspecified atom stereocenters. The maximum atomic E-state index is 12.3. The molecule has 0 aromatic heterocycles. The zero-order chi connectivity index (χ0) is 21.4. The second-order valence-electron chi connectivity index (χ2n) is 9.05. The van der Waals surface area contributed by atoms with E-state index in [-0.39, 0.29) is 27.7 Å². The Balaban J connectivity index is 1.62. The van der Waals surface area contributed by atoms with Gasteiger partial charge in [0.2, 0.25) is 0 Å². The van der Waals surface area contributed by atoms with E-state index in [9.17, 15) is 24.8 Å². The van der Waals surface area contributed by atoms with Gasteiger partial charge in [0, 0.05) is 31.8 Å². The third-order valence-corrected chi connectivity index (χ3v) is 6.75. The van der Waals surface area contributed by atoms with E-state index in [4.69, 9.17) is 4.74 Å². The number of nitro groups is 1. The number of carboxylic acid groups (broad SMARTS) is 1. The lowest BCUT2D eigenvalue weighted by Crippen LogP contribution is -2.45. The van der Waals surface area contributed by atoms with Crippen molar-refractivity contribution in [1.82, 2.24) is 10.2 Å². The summed E-state index contributed by atoms with van der Waals surface area (Å²) in [6.07, 6.45) is 1.03. The van der Waals surface area contributed by atoms with E-state index >= 15 is 0 Å². The summed E-state index contributed by atoms with van der Waals surface area (Å²) in [4.78, 5) is 35.1. The largest absolute Gasteiger partial charge is 0.465 e. The summed E-state index contributed by atoms with van der Waals surface area (Å²) in [7, 11) is 0. The molecular formula is C20H27N3O6. The van der Waals surface area contributed by atoms with Crippen molar-refractivity contribution < 1.29 is 24.4 Å². The number of likely N-dealkylation sites (tertiary alicyclic amines) is 1. The molecule has 2 N–H and O–H groups in total. The number of carbonyl (C=O) groups is 2. The molecule has 0 bridgehead atoms. The van der Waals surface area contributed by atoms with Gasteiger partial charge in [-0.2, -0.15) is 0 Å². The first kappa shape index (κ1) is 20.9. The fraction of sp³-hybridized carbons (Fsp3) is 0.600. The highest BCUT2D eigenvalue weighted by molar-refractivity contribution is 5.70. The van der Waals surface area contributed by atoms with E-state index in [0.717, 1.165) is 19.3 Å². The van der Waals surface area contributed by atoms with Crippen LogP contribution < -0.4 is 10.1 Å². The molecule has 1 aromatic rings. The Kier molecular flexibility index (Phi) is 5.19. The first-order chi connectivity index (χ1) is 13.5. The molecule has 1 aromatic carbocycles. The van der Waals surface area contributed by atoms with Crippen molar-refractivity contribution >= 4 is 17.9 Å². The van der Waals surface area contributed by atoms with E-state index in [1.165, 1.54) is 29.2 Å². The van der Waals surface area contributed by atoms with Crippen LogP contribution in [0, 0.1) is 26.4 Å². The van der Waals surface area contributed by atoms with Gasteiger partial charge in [-0.25, -0.2) is 9.59 Å². The highest BCUT2D eigenvalue weighted by Gasteiger charge is 2.71. The van der Waals surface area contributed by atoms with Crippen molar-refractivity contribution in [3.8, 4) is 5.75 Å². The maximum Gasteiger partial charge on any atom is 0.412 e. The van der Waals surface area contributed by atoms with E-state index in [1.54, 1.807) is 0 Å². The minimum absolute atomic E-state index is 0.0256. The predicted molar refractivity (Wildman–Crippen MR) is 105 cm³/mol. The Morgan fingerprint density at radius 3 is 2.31 bits per heavy atom. The van der Waals surface area contributed by atoms with Crippen LogP contribution in [0.15, 0.2) is 24.3 Å². The summed E-state index contributed by atoms with van der Waals surface area (Å²) in [6.45, 7) is 7.91. The summed E-state index contributed by atoms with van der Waals surface area (Å²) >= 11 is 0. The topological polar surface area (TPSA) is 122 Å². The highest BCUT2D eigenvalue weighted by Crippen LogP contribution is 2.75. The van der Waals surface area contributed by atoms with Crippen molar-refractivity contribution in [3.63, 3.8) is 0 Å². The molecule has 2 fully saturated rings. The number of hydrogen-bond donors (Lipinski definition) is 2. The molecule has 1 aliphatic carbocycles. The number of amides is 2. The lowest BCUT2D eigenvalue weighted by Gasteiger charge is -2.40. The quantitative estimate of drug-likeness (QED) is 0.579. The minimum atomic E-state index is -0.883. The molecule has 29 heavy (non-hydrogen) atoms. The van der Waals surface area contributed by atoms with E-state index in [2.05, 4.69) is 26.1 Å². The zero-order valence-electron chi connectivity index (χ0n) is 16.9. The summed E-state index contributed by atoms with van der Waals surface area (Å²) in [6, 6.07) is 5.34. The van der Waals surface area contributed by atoms with Crippen LogP contribution in [0.5, 0.6) is 5.75 Å². The number of non-ortho nitro benzene ring substituents is 1. The molecule has 3 rings (SSSR count). The summed E-state index contributed by atoms with van der Waals surface area (Å²) in [5.74, 6) is 0.234. The van der Waals surface area contributed by atoms with Gasteiger partial charge in [0.15, 0.2) is 0 Å². The molecule has 1 atom stereocenters. The number of nitro benzene ring substituents is 1. The number of carbonyl (C=O) groups excluding carboxylic acids is 1. The van der Waals surface area contributed by atoms with E-state index in [1.807, 2.05) is 0 Å². The molecule has 2 aliphatic rings. The van der Waals surface area contributed by atoms with Gasteiger partial charge >= 0.3 is 12.2 Å². The maximum absolute atomic E-state index is 12.3. The van der Waals surface area contributed by atoms with Gasteiger partial charge in [-0.3, -0.25) is 10.1 Å². The third kappa shape index (κ3) is 3.86. The summed E-state index contributed by atoms with van der Waals surface area (Å²) < 4.78 is 5.25. The first-order valence-corrected chi connectivity index (χ1v) is 9.68. The minimum Gasteiger partial charge on any atom is -0.465 e. The number of piperidine rings is 1. The van der Waals surface area contributed by atoms with Crippen LogP contribution >= 0.6 is 0 Å². The molecule has 2 amide bonds. The zero-order valence-corrected chi connectivity index (χ0v) is 16.9. The van der Waals surface area contributed by atoms with Crippen molar-refractivity contribution in [3.05, 3.63) is 34.4 Å². The second-order valence-corrected chi connectivity index (χ2v) is 9.05. The molecule has 9 nitrogen and oxygen atoms in total. The Labute approximate surface area is 169 Å². The number of nitrogens with zero attached hydrogens (tertiary/aromatic N) is 2. The molecule has 1 saturated heterocycles. The number of rotatable bonds is 4. The molecule has 1 aliphatic heterocycles. The van der Waals surface area contributed by atoms with Crippen LogP contribution in [0.1, 0.15) is 40.0 Å². The van der Waals surface area contributed by atoms with Crippen LogP contribution in [0.2, 0.25) is 0 Å². The number of hydrogen-bond acceptors (Lipinski definition) is 5. The Bertz CT molecular complexity index is 809. The number of benzene rings is 1. The number of nitrogens with one attached hydrogen (secondary N) is 1. The van der Waals surface area contributed by atoms with Gasteiger partial charge in [-0.15, -0.1) is 0 Å². The smallest absolute Gasteiger partial charge is 0.412 e. The standard InChI is InChI=1S/C20H27N3O6/c1-18(2,3)20(12-19(20)8-10-22(11-9-19)17(25)26)13-21-16(24)29-15-6-4-14(5-7-15)23(27)28/h4-7H,8-13H2,1-3H3,(H,21,24)(H,25,26).